The molecule has 1 fully saturated rings. The van der Waals surface area contributed by atoms with Crippen LogP contribution >= 0.6 is 11.3 Å². The molecular formula is C14H19N3O2S. The van der Waals surface area contributed by atoms with Crippen molar-refractivity contribution >= 4 is 22.2 Å². The van der Waals surface area contributed by atoms with Gasteiger partial charge in [-0.25, -0.2) is 4.98 Å². The van der Waals surface area contributed by atoms with Gasteiger partial charge in [0, 0.05) is 30.4 Å². The molecule has 6 heteroatoms. The van der Waals surface area contributed by atoms with Gasteiger partial charge in [-0.15, -0.1) is 11.3 Å². The van der Waals surface area contributed by atoms with Crippen LogP contribution in [0.5, 0.6) is 0 Å². The van der Waals surface area contributed by atoms with Gasteiger partial charge in [-0.3, -0.25) is 9.20 Å². The summed E-state index contributed by atoms with van der Waals surface area (Å²) < 4.78 is 1.99. The zero-order valence-electron chi connectivity index (χ0n) is 11.6. The van der Waals surface area contributed by atoms with Crippen molar-refractivity contribution in [3.63, 3.8) is 0 Å². The van der Waals surface area contributed by atoms with Gasteiger partial charge in [0.1, 0.15) is 0 Å². The van der Waals surface area contributed by atoms with Gasteiger partial charge in [-0.1, -0.05) is 0 Å². The number of nitrogens with zero attached hydrogens (tertiary/aromatic N) is 2. The van der Waals surface area contributed by atoms with Crippen LogP contribution in [0.1, 0.15) is 30.7 Å². The molecule has 1 aliphatic carbocycles. The molecule has 0 saturated heterocycles. The van der Waals surface area contributed by atoms with Gasteiger partial charge in [0.15, 0.2) is 4.96 Å². The number of carbonyl (C=O) groups is 1. The number of carbonyl (C=O) groups excluding carboxylic acids is 1. The van der Waals surface area contributed by atoms with Crippen LogP contribution in [-0.4, -0.2) is 33.6 Å². The minimum absolute atomic E-state index is 0.0419. The van der Waals surface area contributed by atoms with Gasteiger partial charge in [-0.2, -0.15) is 0 Å². The van der Waals surface area contributed by atoms with Crippen molar-refractivity contribution < 1.29 is 9.90 Å². The van der Waals surface area contributed by atoms with Crippen molar-refractivity contribution in [2.75, 3.05) is 13.2 Å². The van der Waals surface area contributed by atoms with Crippen molar-refractivity contribution in [2.24, 2.45) is 5.41 Å². The molecule has 2 N–H and O–H groups in total. The lowest BCUT2D eigenvalue weighted by Crippen LogP contribution is -2.32. The molecule has 5 nitrogen and oxygen atoms in total. The number of aliphatic hydroxyl groups excluding tert-OH is 1. The second-order valence-corrected chi connectivity index (χ2v) is 6.53. The van der Waals surface area contributed by atoms with Crippen LogP contribution < -0.4 is 5.32 Å². The number of hydrogen-bond donors (Lipinski definition) is 2. The van der Waals surface area contributed by atoms with Crippen molar-refractivity contribution in [1.29, 1.82) is 0 Å². The Morgan fingerprint density at radius 3 is 3.10 bits per heavy atom. The molecule has 1 saturated carbocycles. The Balaban J connectivity index is 1.59. The Hall–Kier alpha value is -1.40. The van der Waals surface area contributed by atoms with E-state index in [2.05, 4.69) is 10.3 Å². The smallest absolute Gasteiger partial charge is 0.226 e. The summed E-state index contributed by atoms with van der Waals surface area (Å²) in [6.45, 7) is 2.84. The molecule has 0 radical (unpaired) electrons. The second-order valence-electron chi connectivity index (χ2n) is 5.69. The third-order valence-corrected chi connectivity index (χ3v) is 4.89. The van der Waals surface area contributed by atoms with Crippen LogP contribution in [0.15, 0.2) is 11.6 Å². The number of aromatic nitrogens is 2. The van der Waals surface area contributed by atoms with Gasteiger partial charge in [0.25, 0.3) is 0 Å². The predicted molar refractivity (Wildman–Crippen MR) is 77.9 cm³/mol. The van der Waals surface area contributed by atoms with Gasteiger partial charge in [0.2, 0.25) is 5.91 Å². The highest BCUT2D eigenvalue weighted by atomic mass is 32.1. The summed E-state index contributed by atoms with van der Waals surface area (Å²) in [6.07, 6.45) is 5.35. The molecule has 1 aliphatic rings. The normalized spacial score (nSPS) is 16.5. The van der Waals surface area contributed by atoms with Crippen molar-refractivity contribution in [3.8, 4) is 0 Å². The predicted octanol–water partition coefficient (Wildman–Crippen LogP) is 1.53. The lowest BCUT2D eigenvalue weighted by Gasteiger charge is -2.14. The first-order valence-corrected chi connectivity index (χ1v) is 7.79. The van der Waals surface area contributed by atoms with E-state index in [9.17, 15) is 4.79 Å². The summed E-state index contributed by atoms with van der Waals surface area (Å²) in [4.78, 5) is 17.4. The first kappa shape index (κ1) is 13.6. The van der Waals surface area contributed by atoms with E-state index in [1.54, 1.807) is 11.3 Å². The summed E-state index contributed by atoms with van der Waals surface area (Å²) in [6, 6.07) is 0. The minimum Gasteiger partial charge on any atom is -0.396 e. The quantitative estimate of drug-likeness (QED) is 0.848. The molecule has 3 rings (SSSR count). The molecule has 0 spiro atoms. The molecule has 0 unspecified atom stereocenters. The molecule has 0 bridgehead atoms. The molecule has 0 aliphatic heterocycles. The minimum atomic E-state index is 0.0419. The largest absolute Gasteiger partial charge is 0.396 e. The molecule has 0 atom stereocenters. The molecule has 0 aromatic carbocycles. The van der Waals surface area contributed by atoms with E-state index >= 15 is 0 Å². The number of thiazole rings is 1. The van der Waals surface area contributed by atoms with Gasteiger partial charge >= 0.3 is 0 Å². The van der Waals surface area contributed by atoms with Crippen molar-refractivity contribution in [3.05, 3.63) is 23.0 Å². The van der Waals surface area contributed by atoms with Gasteiger partial charge in [-0.05, 0) is 31.6 Å². The Morgan fingerprint density at radius 2 is 2.40 bits per heavy atom. The third kappa shape index (κ3) is 2.71. The topological polar surface area (TPSA) is 66.6 Å². The highest BCUT2D eigenvalue weighted by Gasteiger charge is 2.41. The number of fused-ring (bicyclic) bond motifs is 1. The van der Waals surface area contributed by atoms with E-state index in [1.165, 1.54) is 0 Å². The molecule has 108 valence electrons. The summed E-state index contributed by atoms with van der Waals surface area (Å²) in [5.41, 5.74) is 2.12. The van der Waals surface area contributed by atoms with E-state index in [-0.39, 0.29) is 17.9 Å². The van der Waals surface area contributed by atoms with Gasteiger partial charge in [0.05, 0.1) is 12.1 Å². The Bertz CT molecular complexity index is 627. The maximum Gasteiger partial charge on any atom is 0.226 e. The lowest BCUT2D eigenvalue weighted by atomic mass is 10.0. The zero-order valence-corrected chi connectivity index (χ0v) is 12.4. The standard InChI is InChI=1S/C14H19N3O2S/c1-10-7-17-11(8-20-13(17)16-10)6-12(19)15-9-14(2-3-14)4-5-18/h7-8,18H,2-6,9H2,1H3,(H,15,19). The number of amides is 1. The van der Waals surface area contributed by atoms with Crippen LogP contribution in [0.3, 0.4) is 0 Å². The van der Waals surface area contributed by atoms with Crippen LogP contribution in [0, 0.1) is 12.3 Å². The molecule has 2 heterocycles. The lowest BCUT2D eigenvalue weighted by molar-refractivity contribution is -0.120. The molecular weight excluding hydrogens is 274 g/mol. The van der Waals surface area contributed by atoms with Crippen molar-refractivity contribution in [2.45, 2.75) is 32.6 Å². The number of hydrogen-bond acceptors (Lipinski definition) is 4. The fourth-order valence-electron chi connectivity index (χ4n) is 2.51. The maximum absolute atomic E-state index is 12.0. The number of nitrogens with one attached hydrogen (secondary N) is 1. The number of rotatable bonds is 6. The van der Waals surface area contributed by atoms with Crippen LogP contribution in [0.4, 0.5) is 0 Å². The second kappa shape index (κ2) is 5.18. The first-order chi connectivity index (χ1) is 9.62. The molecule has 20 heavy (non-hydrogen) atoms. The van der Waals surface area contributed by atoms with Crippen LogP contribution in [0.2, 0.25) is 0 Å². The fourth-order valence-corrected chi connectivity index (χ4v) is 3.43. The summed E-state index contributed by atoms with van der Waals surface area (Å²) in [5.74, 6) is 0.0419. The fraction of sp³-hybridized carbons (Fsp3) is 0.571. The summed E-state index contributed by atoms with van der Waals surface area (Å²) in [7, 11) is 0. The van der Waals surface area contributed by atoms with E-state index in [1.807, 2.05) is 22.9 Å². The van der Waals surface area contributed by atoms with Crippen LogP contribution in [0.25, 0.3) is 4.96 Å². The summed E-state index contributed by atoms with van der Waals surface area (Å²) in [5, 5.41) is 14.0. The number of imidazole rings is 1. The van der Waals surface area contributed by atoms with E-state index in [0.717, 1.165) is 35.6 Å². The Kier molecular flexibility index (Phi) is 3.52. The van der Waals surface area contributed by atoms with E-state index in [0.29, 0.717) is 13.0 Å². The van der Waals surface area contributed by atoms with Crippen LogP contribution in [-0.2, 0) is 11.2 Å². The maximum atomic E-state index is 12.0. The Morgan fingerprint density at radius 1 is 1.60 bits per heavy atom. The van der Waals surface area contributed by atoms with E-state index < -0.39 is 0 Å². The Labute approximate surface area is 121 Å². The zero-order chi connectivity index (χ0) is 14.2. The average molecular weight is 293 g/mol. The van der Waals surface area contributed by atoms with Gasteiger partial charge < -0.3 is 10.4 Å². The summed E-state index contributed by atoms with van der Waals surface area (Å²) >= 11 is 1.56. The molecule has 2 aromatic heterocycles. The van der Waals surface area contributed by atoms with Crippen molar-refractivity contribution in [1.82, 2.24) is 14.7 Å². The number of aryl methyl sites for hydroxylation is 1. The SMILES string of the molecule is Cc1cn2c(CC(=O)NCC3(CCO)CC3)csc2n1. The molecule has 2 aromatic rings. The number of aliphatic hydroxyl groups is 1. The molecule has 1 amide bonds. The third-order valence-electron chi connectivity index (χ3n) is 4.01. The highest BCUT2D eigenvalue weighted by Crippen LogP contribution is 2.47. The van der Waals surface area contributed by atoms with E-state index in [4.69, 9.17) is 5.11 Å². The monoisotopic (exact) mass is 293 g/mol. The first-order valence-electron chi connectivity index (χ1n) is 6.92. The highest BCUT2D eigenvalue weighted by molar-refractivity contribution is 7.15. The average Bonchev–Trinajstić information content (AvgIpc) is 2.94.